The van der Waals surface area contributed by atoms with Crippen LogP contribution in [-0.2, 0) is 6.42 Å². The summed E-state index contributed by atoms with van der Waals surface area (Å²) in [6.07, 6.45) is 3.15. The number of hydrogen-bond donors (Lipinski definition) is 1. The summed E-state index contributed by atoms with van der Waals surface area (Å²) >= 11 is 6.52. The summed E-state index contributed by atoms with van der Waals surface area (Å²) in [4.78, 5) is 2.50. The fourth-order valence-electron chi connectivity index (χ4n) is 2.78. The molecule has 20 heavy (non-hydrogen) atoms. The zero-order valence-corrected chi connectivity index (χ0v) is 14.1. The Labute approximate surface area is 129 Å². The van der Waals surface area contributed by atoms with Gasteiger partial charge in [-0.05, 0) is 43.4 Å². The molecule has 0 fully saturated rings. The van der Waals surface area contributed by atoms with Gasteiger partial charge in [0.05, 0.1) is 10.7 Å². The van der Waals surface area contributed by atoms with Crippen molar-refractivity contribution in [3.63, 3.8) is 0 Å². The summed E-state index contributed by atoms with van der Waals surface area (Å²) in [5.41, 5.74) is 8.23. The first kappa shape index (κ1) is 17.3. The van der Waals surface area contributed by atoms with Crippen LogP contribution in [0, 0.1) is 5.92 Å². The molecule has 0 amide bonds. The van der Waals surface area contributed by atoms with Crippen molar-refractivity contribution >= 4 is 17.3 Å². The van der Waals surface area contributed by atoms with Gasteiger partial charge in [-0.15, -0.1) is 0 Å². The molecule has 2 nitrogen and oxygen atoms in total. The minimum Gasteiger partial charge on any atom is -0.367 e. The van der Waals surface area contributed by atoms with Gasteiger partial charge in [-0.25, -0.2) is 0 Å². The van der Waals surface area contributed by atoms with Crippen molar-refractivity contribution < 1.29 is 0 Å². The predicted molar refractivity (Wildman–Crippen MR) is 90.8 cm³/mol. The lowest BCUT2D eigenvalue weighted by Gasteiger charge is -2.36. The summed E-state index contributed by atoms with van der Waals surface area (Å²) in [6.45, 7) is 10.7. The summed E-state index contributed by atoms with van der Waals surface area (Å²) in [7, 11) is 0. The third kappa shape index (κ3) is 4.39. The van der Waals surface area contributed by atoms with Gasteiger partial charge in [0.25, 0.3) is 0 Å². The van der Waals surface area contributed by atoms with E-state index >= 15 is 0 Å². The van der Waals surface area contributed by atoms with E-state index in [1.165, 1.54) is 11.3 Å². The van der Waals surface area contributed by atoms with Crippen molar-refractivity contribution in [3.05, 3.63) is 28.8 Å². The fraction of sp³-hybridized carbons (Fsp3) is 0.647. The summed E-state index contributed by atoms with van der Waals surface area (Å²) in [6, 6.07) is 6.71. The quantitative estimate of drug-likeness (QED) is 0.766. The molecule has 0 heterocycles. The first-order valence-electron chi connectivity index (χ1n) is 7.79. The molecule has 3 heteroatoms. The van der Waals surface area contributed by atoms with Crippen LogP contribution in [0.1, 0.15) is 46.1 Å². The van der Waals surface area contributed by atoms with Crippen molar-refractivity contribution in [1.82, 2.24) is 0 Å². The van der Waals surface area contributed by atoms with Crippen LogP contribution in [0.2, 0.25) is 5.02 Å². The van der Waals surface area contributed by atoms with Crippen LogP contribution in [0.5, 0.6) is 0 Å². The zero-order chi connectivity index (χ0) is 15.1. The van der Waals surface area contributed by atoms with Gasteiger partial charge < -0.3 is 10.6 Å². The van der Waals surface area contributed by atoms with E-state index in [0.717, 1.165) is 30.8 Å². The lowest BCUT2D eigenvalue weighted by Crippen LogP contribution is -2.38. The molecule has 0 unspecified atom stereocenters. The third-order valence-corrected chi connectivity index (χ3v) is 4.02. The first-order chi connectivity index (χ1) is 9.54. The van der Waals surface area contributed by atoms with E-state index in [2.05, 4.69) is 38.7 Å². The van der Waals surface area contributed by atoms with Gasteiger partial charge in [0.1, 0.15) is 0 Å². The Morgan fingerprint density at radius 3 is 2.35 bits per heavy atom. The highest BCUT2D eigenvalue weighted by atomic mass is 35.5. The highest BCUT2D eigenvalue weighted by Crippen LogP contribution is 2.33. The highest BCUT2D eigenvalue weighted by molar-refractivity contribution is 6.33. The van der Waals surface area contributed by atoms with Gasteiger partial charge in [-0.1, -0.05) is 51.4 Å². The standard InChI is InChI=1S/C17H29ClN2/c1-5-15(6-2)20(12-13(3)4)17-14(10-11-19)8-7-9-16(17)18/h7-9,13,15H,5-6,10-12,19H2,1-4H3. The second-order valence-electron chi connectivity index (χ2n) is 5.80. The summed E-state index contributed by atoms with van der Waals surface area (Å²) in [5.74, 6) is 0.609. The van der Waals surface area contributed by atoms with E-state index in [0.29, 0.717) is 18.5 Å². The van der Waals surface area contributed by atoms with Crippen LogP contribution in [0.25, 0.3) is 0 Å². The molecule has 0 saturated heterocycles. The van der Waals surface area contributed by atoms with E-state index in [9.17, 15) is 0 Å². The van der Waals surface area contributed by atoms with Crippen LogP contribution in [0.15, 0.2) is 18.2 Å². The van der Waals surface area contributed by atoms with Crippen LogP contribution in [0.3, 0.4) is 0 Å². The number of rotatable bonds is 8. The van der Waals surface area contributed by atoms with E-state index < -0.39 is 0 Å². The van der Waals surface area contributed by atoms with Crippen molar-refractivity contribution in [2.24, 2.45) is 11.7 Å². The topological polar surface area (TPSA) is 29.3 Å². The Hall–Kier alpha value is -0.730. The number of halogens is 1. The maximum absolute atomic E-state index is 6.52. The van der Waals surface area contributed by atoms with E-state index in [1.54, 1.807) is 0 Å². The van der Waals surface area contributed by atoms with Crippen molar-refractivity contribution in [1.29, 1.82) is 0 Å². The predicted octanol–water partition coefficient (Wildman–Crippen LogP) is 4.49. The molecule has 0 spiro atoms. The molecule has 114 valence electrons. The van der Waals surface area contributed by atoms with E-state index in [-0.39, 0.29) is 0 Å². The average molecular weight is 297 g/mol. The van der Waals surface area contributed by atoms with Gasteiger partial charge in [0.15, 0.2) is 0 Å². The van der Waals surface area contributed by atoms with Gasteiger partial charge >= 0.3 is 0 Å². The largest absolute Gasteiger partial charge is 0.367 e. The SMILES string of the molecule is CCC(CC)N(CC(C)C)c1c(Cl)cccc1CCN. The average Bonchev–Trinajstić information content (AvgIpc) is 2.39. The Bertz CT molecular complexity index is 400. The number of hydrogen-bond acceptors (Lipinski definition) is 2. The lowest BCUT2D eigenvalue weighted by atomic mass is 10.0. The molecule has 0 atom stereocenters. The second-order valence-corrected chi connectivity index (χ2v) is 6.21. The Morgan fingerprint density at radius 1 is 1.20 bits per heavy atom. The Morgan fingerprint density at radius 2 is 1.85 bits per heavy atom. The minimum absolute atomic E-state index is 0.536. The molecule has 0 bridgehead atoms. The maximum Gasteiger partial charge on any atom is 0.0642 e. The first-order valence-corrected chi connectivity index (χ1v) is 8.16. The molecule has 1 rings (SSSR count). The second kappa shape index (κ2) is 8.53. The summed E-state index contributed by atoms with van der Waals surface area (Å²) < 4.78 is 0. The van der Waals surface area contributed by atoms with Crippen LogP contribution >= 0.6 is 11.6 Å². The number of nitrogens with two attached hydrogens (primary N) is 1. The Kier molecular flexibility index (Phi) is 7.39. The molecular weight excluding hydrogens is 268 g/mol. The van der Waals surface area contributed by atoms with Crippen LogP contribution in [-0.4, -0.2) is 19.1 Å². The van der Waals surface area contributed by atoms with Crippen molar-refractivity contribution in [2.45, 2.75) is 53.0 Å². The fourth-order valence-corrected chi connectivity index (χ4v) is 3.09. The van der Waals surface area contributed by atoms with Gasteiger partial charge in [-0.2, -0.15) is 0 Å². The monoisotopic (exact) mass is 296 g/mol. The smallest absolute Gasteiger partial charge is 0.0642 e. The molecule has 0 aliphatic carbocycles. The molecule has 2 N–H and O–H groups in total. The molecule has 1 aromatic carbocycles. The van der Waals surface area contributed by atoms with E-state index in [4.69, 9.17) is 17.3 Å². The molecule has 0 radical (unpaired) electrons. The summed E-state index contributed by atoms with van der Waals surface area (Å²) in [5, 5.41) is 0.850. The van der Waals surface area contributed by atoms with Crippen molar-refractivity contribution in [2.75, 3.05) is 18.0 Å². The molecule has 0 saturated carbocycles. The molecular formula is C17H29ClN2. The number of nitrogens with zero attached hydrogens (tertiary/aromatic N) is 1. The zero-order valence-electron chi connectivity index (χ0n) is 13.3. The lowest BCUT2D eigenvalue weighted by molar-refractivity contribution is 0.506. The van der Waals surface area contributed by atoms with Crippen molar-refractivity contribution in [3.8, 4) is 0 Å². The Balaban J connectivity index is 3.24. The van der Waals surface area contributed by atoms with Crippen LogP contribution in [0.4, 0.5) is 5.69 Å². The van der Waals surface area contributed by atoms with Gasteiger partial charge in [0.2, 0.25) is 0 Å². The number of para-hydroxylation sites is 1. The molecule has 0 aliphatic rings. The van der Waals surface area contributed by atoms with E-state index in [1.807, 2.05) is 12.1 Å². The maximum atomic E-state index is 6.52. The third-order valence-electron chi connectivity index (χ3n) is 3.72. The highest BCUT2D eigenvalue weighted by Gasteiger charge is 2.21. The normalized spacial score (nSPS) is 11.4. The molecule has 0 aromatic heterocycles. The number of benzene rings is 1. The van der Waals surface area contributed by atoms with Gasteiger partial charge in [0, 0.05) is 12.6 Å². The molecule has 0 aliphatic heterocycles. The van der Waals surface area contributed by atoms with Crippen LogP contribution < -0.4 is 10.6 Å². The minimum atomic E-state index is 0.536. The van der Waals surface area contributed by atoms with Gasteiger partial charge in [-0.3, -0.25) is 0 Å². The molecule has 1 aromatic rings. The number of anilines is 1.